The normalized spacial score (nSPS) is 10.4. The Balaban J connectivity index is 2.38. The van der Waals surface area contributed by atoms with Crippen molar-refractivity contribution in [1.82, 2.24) is 15.0 Å². The van der Waals surface area contributed by atoms with Crippen LogP contribution < -0.4 is 0 Å². The standard InChI is InChI=1S/C8H6BrN3OS/c1-12-6(3-10-11-12)8(13)5-2-7(9)14-4-5/h2-4H,1H3. The highest BCUT2D eigenvalue weighted by Gasteiger charge is 2.14. The molecule has 2 rings (SSSR count). The molecule has 0 aromatic carbocycles. The quantitative estimate of drug-likeness (QED) is 0.784. The van der Waals surface area contributed by atoms with E-state index in [0.717, 1.165) is 3.79 Å². The van der Waals surface area contributed by atoms with Crippen molar-refractivity contribution < 1.29 is 4.79 Å². The fourth-order valence-electron chi connectivity index (χ4n) is 1.07. The highest BCUT2D eigenvalue weighted by molar-refractivity contribution is 9.11. The van der Waals surface area contributed by atoms with Gasteiger partial charge in [0.2, 0.25) is 5.78 Å². The van der Waals surface area contributed by atoms with E-state index in [2.05, 4.69) is 26.2 Å². The van der Waals surface area contributed by atoms with Crippen molar-refractivity contribution in [2.45, 2.75) is 0 Å². The van der Waals surface area contributed by atoms with Gasteiger partial charge in [0.15, 0.2) is 0 Å². The smallest absolute Gasteiger partial charge is 0.213 e. The third-order valence-electron chi connectivity index (χ3n) is 1.78. The first kappa shape index (κ1) is 9.54. The summed E-state index contributed by atoms with van der Waals surface area (Å²) in [4.78, 5) is 11.8. The minimum absolute atomic E-state index is 0.0561. The van der Waals surface area contributed by atoms with Crippen LogP contribution in [0.3, 0.4) is 0 Å². The third kappa shape index (κ3) is 1.62. The van der Waals surface area contributed by atoms with E-state index in [1.165, 1.54) is 22.2 Å². The van der Waals surface area contributed by atoms with Crippen LogP contribution in [-0.4, -0.2) is 20.8 Å². The molecule has 0 aliphatic heterocycles. The Morgan fingerprint density at radius 1 is 1.64 bits per heavy atom. The lowest BCUT2D eigenvalue weighted by atomic mass is 10.2. The number of thiophene rings is 1. The van der Waals surface area contributed by atoms with Crippen LogP contribution in [0.15, 0.2) is 21.4 Å². The molecule has 0 saturated carbocycles. The Labute approximate surface area is 92.7 Å². The van der Waals surface area contributed by atoms with Crippen LogP contribution in [0.5, 0.6) is 0 Å². The Kier molecular flexibility index (Phi) is 2.47. The Bertz CT molecular complexity index is 476. The summed E-state index contributed by atoms with van der Waals surface area (Å²) in [5, 5.41) is 9.17. The molecule has 0 fully saturated rings. The van der Waals surface area contributed by atoms with Gasteiger partial charge in [-0.1, -0.05) is 5.21 Å². The molecular formula is C8H6BrN3OS. The van der Waals surface area contributed by atoms with E-state index in [4.69, 9.17) is 0 Å². The first-order valence-corrected chi connectivity index (χ1v) is 5.49. The van der Waals surface area contributed by atoms with Crippen LogP contribution in [0.2, 0.25) is 0 Å². The molecule has 0 atom stereocenters. The number of aryl methyl sites for hydroxylation is 1. The average Bonchev–Trinajstić information content (AvgIpc) is 2.73. The van der Waals surface area contributed by atoms with E-state index >= 15 is 0 Å². The van der Waals surface area contributed by atoms with Crippen molar-refractivity contribution >= 4 is 33.0 Å². The van der Waals surface area contributed by atoms with E-state index in [0.29, 0.717) is 11.3 Å². The van der Waals surface area contributed by atoms with Gasteiger partial charge in [0.1, 0.15) is 5.69 Å². The van der Waals surface area contributed by atoms with Gasteiger partial charge in [-0.25, -0.2) is 4.68 Å². The summed E-state index contributed by atoms with van der Waals surface area (Å²) >= 11 is 4.79. The molecule has 0 unspecified atom stereocenters. The summed E-state index contributed by atoms with van der Waals surface area (Å²) in [6, 6.07) is 1.79. The second kappa shape index (κ2) is 3.62. The van der Waals surface area contributed by atoms with Gasteiger partial charge in [0.25, 0.3) is 0 Å². The maximum absolute atomic E-state index is 11.8. The Morgan fingerprint density at radius 3 is 2.93 bits per heavy atom. The van der Waals surface area contributed by atoms with Gasteiger partial charge in [-0.05, 0) is 22.0 Å². The molecule has 0 N–H and O–H groups in total. The summed E-state index contributed by atoms with van der Waals surface area (Å²) in [7, 11) is 1.70. The first-order valence-electron chi connectivity index (χ1n) is 3.82. The van der Waals surface area contributed by atoms with Gasteiger partial charge in [0.05, 0.1) is 9.98 Å². The maximum Gasteiger partial charge on any atom is 0.213 e. The lowest BCUT2D eigenvalue weighted by molar-refractivity contribution is 0.103. The van der Waals surface area contributed by atoms with Crippen molar-refractivity contribution in [1.29, 1.82) is 0 Å². The summed E-state index contributed by atoms with van der Waals surface area (Å²) in [5.41, 5.74) is 1.16. The Morgan fingerprint density at radius 2 is 2.43 bits per heavy atom. The molecule has 6 heteroatoms. The SMILES string of the molecule is Cn1nncc1C(=O)c1csc(Br)c1. The lowest BCUT2D eigenvalue weighted by Gasteiger charge is -1.95. The van der Waals surface area contributed by atoms with E-state index in [1.807, 2.05) is 0 Å². The summed E-state index contributed by atoms with van der Waals surface area (Å²) in [6.45, 7) is 0. The predicted octanol–water partition coefficient (Wildman–Crippen LogP) is 1.87. The van der Waals surface area contributed by atoms with E-state index in [1.54, 1.807) is 18.5 Å². The number of halogens is 1. The van der Waals surface area contributed by atoms with Gasteiger partial charge in [-0.3, -0.25) is 4.79 Å². The van der Waals surface area contributed by atoms with Crippen molar-refractivity contribution in [2.75, 3.05) is 0 Å². The van der Waals surface area contributed by atoms with Crippen LogP contribution in [0.4, 0.5) is 0 Å². The minimum atomic E-state index is -0.0561. The highest BCUT2D eigenvalue weighted by Crippen LogP contribution is 2.22. The number of carbonyl (C=O) groups is 1. The molecule has 0 amide bonds. The number of aromatic nitrogens is 3. The molecule has 0 radical (unpaired) electrons. The molecular weight excluding hydrogens is 266 g/mol. The maximum atomic E-state index is 11.8. The van der Waals surface area contributed by atoms with Gasteiger partial charge in [-0.2, -0.15) is 0 Å². The molecule has 0 bridgehead atoms. The molecule has 2 aromatic rings. The molecule has 4 nitrogen and oxygen atoms in total. The number of carbonyl (C=O) groups excluding carboxylic acids is 1. The van der Waals surface area contributed by atoms with E-state index < -0.39 is 0 Å². The van der Waals surface area contributed by atoms with Gasteiger partial charge in [-0.15, -0.1) is 16.4 Å². The third-order valence-corrected chi connectivity index (χ3v) is 3.28. The largest absolute Gasteiger partial charge is 0.287 e. The monoisotopic (exact) mass is 271 g/mol. The van der Waals surface area contributed by atoms with Crippen LogP contribution in [0.25, 0.3) is 0 Å². The number of hydrogen-bond donors (Lipinski definition) is 0. The van der Waals surface area contributed by atoms with Crippen LogP contribution in [-0.2, 0) is 7.05 Å². The zero-order valence-corrected chi connectivity index (χ0v) is 9.67. The molecule has 2 heterocycles. The van der Waals surface area contributed by atoms with Crippen molar-refractivity contribution in [2.24, 2.45) is 7.05 Å². The number of rotatable bonds is 2. The molecule has 2 aromatic heterocycles. The molecule has 0 spiro atoms. The molecule has 0 aliphatic rings. The summed E-state index contributed by atoms with van der Waals surface area (Å²) < 4.78 is 2.41. The molecule has 14 heavy (non-hydrogen) atoms. The average molecular weight is 272 g/mol. The lowest BCUT2D eigenvalue weighted by Crippen LogP contribution is -2.06. The Hall–Kier alpha value is -1.01. The predicted molar refractivity (Wildman–Crippen MR) is 56.5 cm³/mol. The van der Waals surface area contributed by atoms with Gasteiger partial charge in [0, 0.05) is 18.0 Å². The van der Waals surface area contributed by atoms with Crippen LogP contribution >= 0.6 is 27.3 Å². The second-order valence-corrected chi connectivity index (χ2v) is 5.00. The van der Waals surface area contributed by atoms with Gasteiger partial charge >= 0.3 is 0 Å². The highest BCUT2D eigenvalue weighted by atomic mass is 79.9. The first-order chi connectivity index (χ1) is 6.68. The molecule has 0 saturated heterocycles. The summed E-state index contributed by atoms with van der Waals surface area (Å²) in [5.74, 6) is -0.0561. The van der Waals surface area contributed by atoms with Crippen molar-refractivity contribution in [3.63, 3.8) is 0 Å². The van der Waals surface area contributed by atoms with Crippen LogP contribution in [0.1, 0.15) is 16.1 Å². The fraction of sp³-hybridized carbons (Fsp3) is 0.125. The number of nitrogens with zero attached hydrogens (tertiary/aromatic N) is 3. The topological polar surface area (TPSA) is 47.8 Å². The summed E-state index contributed by atoms with van der Waals surface area (Å²) in [6.07, 6.45) is 1.47. The van der Waals surface area contributed by atoms with E-state index in [-0.39, 0.29) is 5.78 Å². The van der Waals surface area contributed by atoms with E-state index in [9.17, 15) is 4.79 Å². The molecule has 0 aliphatic carbocycles. The fourth-order valence-corrected chi connectivity index (χ4v) is 2.21. The number of hydrogen-bond acceptors (Lipinski definition) is 4. The van der Waals surface area contributed by atoms with Crippen molar-refractivity contribution in [3.8, 4) is 0 Å². The zero-order chi connectivity index (χ0) is 10.1. The molecule has 72 valence electrons. The van der Waals surface area contributed by atoms with Crippen molar-refractivity contribution in [3.05, 3.63) is 32.7 Å². The van der Waals surface area contributed by atoms with Gasteiger partial charge < -0.3 is 0 Å². The number of ketones is 1. The van der Waals surface area contributed by atoms with Crippen LogP contribution in [0, 0.1) is 0 Å². The minimum Gasteiger partial charge on any atom is -0.287 e. The zero-order valence-electron chi connectivity index (χ0n) is 7.27. The second-order valence-electron chi connectivity index (χ2n) is 2.71.